The molecule has 2 saturated heterocycles. The zero-order valence-electron chi connectivity index (χ0n) is 31.2. The van der Waals surface area contributed by atoms with E-state index in [2.05, 4.69) is 30.2 Å². The second-order valence-electron chi connectivity index (χ2n) is 14.7. The van der Waals surface area contributed by atoms with Crippen LogP contribution in [0.2, 0.25) is 0 Å². The molecule has 4 aromatic carbocycles. The largest absolute Gasteiger partial charge is 0.399 e. The number of fused-ring (bicyclic) bond motifs is 6. The van der Waals surface area contributed by atoms with E-state index in [1.54, 1.807) is 21.3 Å². The molecule has 0 atom stereocenters. The van der Waals surface area contributed by atoms with Crippen LogP contribution in [-0.4, -0.2) is 64.5 Å². The van der Waals surface area contributed by atoms with Gasteiger partial charge < -0.3 is 21.3 Å². The Bertz CT molecular complexity index is 2790. The van der Waals surface area contributed by atoms with Crippen LogP contribution in [0.4, 0.5) is 23.3 Å². The minimum Gasteiger partial charge on any atom is -0.399 e. The number of hydrogen-bond donors (Lipinski definition) is 2. The lowest BCUT2D eigenvalue weighted by Gasteiger charge is -2.21. The van der Waals surface area contributed by atoms with Crippen LogP contribution >= 0.6 is 0 Å². The lowest BCUT2D eigenvalue weighted by molar-refractivity contribution is 0.726. The maximum absolute atomic E-state index is 13.4. The van der Waals surface area contributed by atoms with Crippen LogP contribution in [0.3, 0.4) is 0 Å². The molecule has 2 fully saturated rings. The number of nitrogens with two attached hydrogens (primary N) is 2. The zero-order valence-corrected chi connectivity index (χ0v) is 31.2. The first-order chi connectivity index (χ1) is 27.4. The molecule has 56 heavy (non-hydrogen) atoms. The Kier molecular flexibility index (Phi) is 9.29. The highest BCUT2D eigenvalue weighted by molar-refractivity contribution is 5.85. The average molecular weight is 749 g/mol. The molecule has 0 radical (unpaired) electrons. The fourth-order valence-electron chi connectivity index (χ4n) is 8.04. The van der Waals surface area contributed by atoms with Crippen LogP contribution in [-0.2, 0) is 13.1 Å². The number of rotatable bonds is 6. The second-order valence-corrected chi connectivity index (χ2v) is 14.7. The third-order valence-corrected chi connectivity index (χ3v) is 10.9. The molecule has 2 aliphatic heterocycles. The van der Waals surface area contributed by atoms with Crippen molar-refractivity contribution in [3.8, 4) is 0 Å². The number of aromatic nitrogens is 8. The smallest absolute Gasteiger partial charge is 0.263 e. The molecule has 8 aromatic rings. The van der Waals surface area contributed by atoms with E-state index in [0.29, 0.717) is 46.8 Å². The Hall–Kier alpha value is -6.70. The fraction of sp³-hybridized carbons (Fsp3) is 0.286. The molecule has 0 aliphatic carbocycles. The summed E-state index contributed by atoms with van der Waals surface area (Å²) in [6.07, 6.45) is 7.05. The van der Waals surface area contributed by atoms with Gasteiger partial charge in [-0.3, -0.25) is 18.7 Å². The molecule has 10 rings (SSSR count). The molecular weight excluding hydrogens is 705 g/mol. The summed E-state index contributed by atoms with van der Waals surface area (Å²) in [5.74, 6) is 2.72. The van der Waals surface area contributed by atoms with Crippen molar-refractivity contribution in [2.24, 2.45) is 0 Å². The van der Waals surface area contributed by atoms with Crippen molar-refractivity contribution in [1.82, 2.24) is 38.3 Å². The maximum atomic E-state index is 13.4. The second kappa shape index (κ2) is 14.9. The lowest BCUT2D eigenvalue weighted by Crippen LogP contribution is -2.28. The van der Waals surface area contributed by atoms with Crippen molar-refractivity contribution in [3.63, 3.8) is 0 Å². The van der Waals surface area contributed by atoms with Gasteiger partial charge >= 0.3 is 0 Å². The van der Waals surface area contributed by atoms with Crippen LogP contribution < -0.4 is 32.4 Å². The maximum Gasteiger partial charge on any atom is 0.263 e. The summed E-state index contributed by atoms with van der Waals surface area (Å²) in [7, 11) is 0. The minimum absolute atomic E-state index is 0.0986. The average Bonchev–Trinajstić information content (AvgIpc) is 3.97. The minimum atomic E-state index is -0.103. The first-order valence-corrected chi connectivity index (χ1v) is 19.4. The molecule has 14 nitrogen and oxygen atoms in total. The quantitative estimate of drug-likeness (QED) is 0.213. The van der Waals surface area contributed by atoms with Crippen LogP contribution in [0.5, 0.6) is 0 Å². The highest BCUT2D eigenvalue weighted by Crippen LogP contribution is 2.26. The number of benzene rings is 4. The van der Waals surface area contributed by atoms with Crippen LogP contribution in [0.15, 0.2) is 107 Å². The molecule has 6 heterocycles. The molecule has 4 aromatic heterocycles. The molecule has 284 valence electrons. The lowest BCUT2D eigenvalue weighted by atomic mass is 10.2. The summed E-state index contributed by atoms with van der Waals surface area (Å²) < 4.78 is 7.39. The summed E-state index contributed by atoms with van der Waals surface area (Å²) in [6, 6.07) is 30.8. The summed E-state index contributed by atoms with van der Waals surface area (Å²) in [5, 5.41) is 19.0. The SMILES string of the molecule is Nc1ccc2c(c1)c(=O)n(Cc1ccccc1)c1nnc(N3CCCC3)n21.Nc1ccc2c(c1)c(=O)n(Cc1ccccc1)c1nnc(N3CCCCCC3)n21. The van der Waals surface area contributed by atoms with Gasteiger partial charge in [-0.05, 0) is 73.2 Å². The van der Waals surface area contributed by atoms with E-state index in [4.69, 9.17) is 11.5 Å². The number of anilines is 4. The van der Waals surface area contributed by atoms with E-state index in [1.807, 2.05) is 93.7 Å². The van der Waals surface area contributed by atoms with Gasteiger partial charge in [0.25, 0.3) is 11.1 Å². The van der Waals surface area contributed by atoms with E-state index in [1.165, 1.54) is 12.8 Å². The summed E-state index contributed by atoms with van der Waals surface area (Å²) in [5.41, 5.74) is 16.6. The van der Waals surface area contributed by atoms with Crippen LogP contribution in [0.25, 0.3) is 33.4 Å². The van der Waals surface area contributed by atoms with Crippen LogP contribution in [0.1, 0.15) is 49.7 Å². The van der Waals surface area contributed by atoms with Crippen LogP contribution in [0, 0.1) is 0 Å². The predicted octanol–water partition coefficient (Wildman–Crippen LogP) is 5.33. The Morgan fingerprint density at radius 2 is 0.875 bits per heavy atom. The van der Waals surface area contributed by atoms with Crippen molar-refractivity contribution in [2.75, 3.05) is 47.4 Å². The molecule has 0 saturated carbocycles. The Morgan fingerprint density at radius 1 is 0.482 bits per heavy atom. The molecule has 0 unspecified atom stereocenters. The van der Waals surface area contributed by atoms with Gasteiger partial charge in [0, 0.05) is 37.6 Å². The van der Waals surface area contributed by atoms with Crippen molar-refractivity contribution in [2.45, 2.75) is 51.6 Å². The molecule has 0 amide bonds. The highest BCUT2D eigenvalue weighted by Gasteiger charge is 2.24. The molecule has 0 spiro atoms. The first kappa shape index (κ1) is 35.0. The van der Waals surface area contributed by atoms with E-state index in [0.717, 1.165) is 85.9 Å². The van der Waals surface area contributed by atoms with Gasteiger partial charge in [-0.1, -0.05) is 73.5 Å². The molecule has 2 aliphatic rings. The normalized spacial score (nSPS) is 14.8. The standard InChI is InChI=1S/C22H24N6O.C20H20N6O/c23-17-10-11-19-18(14-17)20(29)27(15-16-8-4-3-5-9-16)22-25-24-21(28(19)22)26-12-6-1-2-7-13-26;21-15-8-9-17-16(12-15)18(27)25(13-14-6-2-1-3-7-14)20-23-22-19(26(17)20)24-10-4-5-11-24/h3-5,8-11,14H,1-2,6-7,12-13,15,23H2;1-3,6-9,12H,4-5,10-11,13,21H2. The van der Waals surface area contributed by atoms with Gasteiger partial charge in [-0.2, -0.15) is 0 Å². The zero-order chi connectivity index (χ0) is 38.2. The van der Waals surface area contributed by atoms with Crippen molar-refractivity contribution in [3.05, 3.63) is 129 Å². The van der Waals surface area contributed by atoms with E-state index >= 15 is 0 Å². The molecule has 14 heteroatoms. The highest BCUT2D eigenvalue weighted by atomic mass is 16.1. The van der Waals surface area contributed by atoms with Gasteiger partial charge in [0.15, 0.2) is 0 Å². The number of hydrogen-bond acceptors (Lipinski definition) is 10. The van der Waals surface area contributed by atoms with Gasteiger partial charge in [0.1, 0.15) is 0 Å². The fourth-order valence-corrected chi connectivity index (χ4v) is 8.04. The summed E-state index contributed by atoms with van der Waals surface area (Å²) >= 11 is 0. The monoisotopic (exact) mass is 748 g/mol. The predicted molar refractivity (Wildman–Crippen MR) is 222 cm³/mol. The van der Waals surface area contributed by atoms with Crippen molar-refractivity contribution < 1.29 is 0 Å². The first-order valence-electron chi connectivity index (χ1n) is 19.4. The third kappa shape index (κ3) is 6.46. The van der Waals surface area contributed by atoms with Gasteiger partial charge in [0.2, 0.25) is 23.5 Å². The van der Waals surface area contributed by atoms with Gasteiger partial charge in [-0.15, -0.1) is 20.4 Å². The molecular formula is C42H44N12O2. The van der Waals surface area contributed by atoms with E-state index in [-0.39, 0.29) is 11.1 Å². The Labute approximate surface area is 322 Å². The third-order valence-electron chi connectivity index (χ3n) is 10.9. The Balaban J connectivity index is 0.000000147. The number of nitrogen functional groups attached to an aromatic ring is 2. The van der Waals surface area contributed by atoms with Gasteiger partial charge in [0.05, 0.1) is 34.9 Å². The summed E-state index contributed by atoms with van der Waals surface area (Å²) in [4.78, 5) is 31.1. The summed E-state index contributed by atoms with van der Waals surface area (Å²) in [6.45, 7) is 4.69. The molecule has 4 N–H and O–H groups in total. The Morgan fingerprint density at radius 3 is 1.29 bits per heavy atom. The van der Waals surface area contributed by atoms with Gasteiger partial charge in [-0.25, -0.2) is 8.80 Å². The molecule has 0 bridgehead atoms. The van der Waals surface area contributed by atoms with Crippen molar-refractivity contribution >= 4 is 56.6 Å². The number of nitrogens with zero attached hydrogens (tertiary/aromatic N) is 10. The van der Waals surface area contributed by atoms with Crippen molar-refractivity contribution in [1.29, 1.82) is 0 Å². The topological polar surface area (TPSA) is 163 Å². The van der Waals surface area contributed by atoms with E-state index in [9.17, 15) is 9.59 Å². The van der Waals surface area contributed by atoms with E-state index < -0.39 is 0 Å².